The second kappa shape index (κ2) is 9.01. The molecular weight excluding hydrogens is 364 g/mol. The third-order valence-corrected chi connectivity index (χ3v) is 4.06. The molecule has 0 atom stereocenters. The van der Waals surface area contributed by atoms with Gasteiger partial charge in [-0.25, -0.2) is 4.79 Å². The van der Waals surface area contributed by atoms with Gasteiger partial charge in [0, 0.05) is 10.6 Å². The molecule has 3 aromatic rings. The minimum absolute atomic E-state index is 0.271. The van der Waals surface area contributed by atoms with Crippen LogP contribution in [0.15, 0.2) is 78.9 Å². The number of benzene rings is 3. The number of ketones is 1. The predicted octanol–water partition coefficient (Wildman–Crippen LogP) is 4.96. The average molecular weight is 381 g/mol. The molecule has 27 heavy (non-hydrogen) atoms. The maximum absolute atomic E-state index is 12.4. The summed E-state index contributed by atoms with van der Waals surface area (Å²) in [6.07, 6.45) is 0. The van der Waals surface area contributed by atoms with Gasteiger partial charge in [0.1, 0.15) is 17.9 Å². The molecule has 0 saturated carbocycles. The molecule has 136 valence electrons. The second-order valence-corrected chi connectivity index (χ2v) is 6.22. The molecule has 3 rings (SSSR count). The van der Waals surface area contributed by atoms with E-state index >= 15 is 0 Å². The zero-order chi connectivity index (χ0) is 19.1. The van der Waals surface area contributed by atoms with Crippen LogP contribution in [-0.2, 0) is 11.3 Å². The molecular formula is C22H17ClO4. The molecule has 0 aliphatic rings. The summed E-state index contributed by atoms with van der Waals surface area (Å²) in [7, 11) is 0. The average Bonchev–Trinajstić information content (AvgIpc) is 2.71. The van der Waals surface area contributed by atoms with Crippen molar-refractivity contribution in [1.82, 2.24) is 0 Å². The van der Waals surface area contributed by atoms with Gasteiger partial charge in [0.15, 0.2) is 12.4 Å². The van der Waals surface area contributed by atoms with Gasteiger partial charge >= 0.3 is 5.97 Å². The van der Waals surface area contributed by atoms with Crippen molar-refractivity contribution < 1.29 is 19.1 Å². The Labute approximate surface area is 162 Å². The summed E-state index contributed by atoms with van der Waals surface area (Å²) in [4.78, 5) is 24.6. The number of hydrogen-bond acceptors (Lipinski definition) is 4. The Morgan fingerprint density at radius 2 is 1.59 bits per heavy atom. The molecule has 0 fully saturated rings. The van der Waals surface area contributed by atoms with Gasteiger partial charge in [0.2, 0.25) is 0 Å². The van der Waals surface area contributed by atoms with E-state index in [1.807, 2.05) is 30.3 Å². The van der Waals surface area contributed by atoms with Crippen molar-refractivity contribution in [3.05, 3.63) is 101 Å². The van der Waals surface area contributed by atoms with E-state index in [-0.39, 0.29) is 18.0 Å². The highest BCUT2D eigenvalue weighted by atomic mass is 35.5. The number of Topliss-reactive ketones (excluding diaryl/α,β-unsaturated/α-hetero) is 1. The van der Waals surface area contributed by atoms with Gasteiger partial charge in [-0.15, -0.1) is 0 Å². The Kier molecular flexibility index (Phi) is 6.23. The normalized spacial score (nSPS) is 10.3. The third kappa shape index (κ3) is 5.19. The van der Waals surface area contributed by atoms with Gasteiger partial charge in [-0.3, -0.25) is 4.79 Å². The van der Waals surface area contributed by atoms with E-state index in [1.165, 1.54) is 6.07 Å². The number of carbonyl (C=O) groups excluding carboxylic acids is 2. The minimum Gasteiger partial charge on any atom is -0.488 e. The Hall–Kier alpha value is -3.11. The lowest BCUT2D eigenvalue weighted by Gasteiger charge is -2.11. The maximum Gasteiger partial charge on any atom is 0.342 e. The summed E-state index contributed by atoms with van der Waals surface area (Å²) < 4.78 is 10.9. The highest BCUT2D eigenvalue weighted by Crippen LogP contribution is 2.20. The number of rotatable bonds is 7. The van der Waals surface area contributed by atoms with Crippen molar-refractivity contribution in [3.8, 4) is 5.75 Å². The standard InChI is InChI=1S/C22H17ClO4/c23-18-10-6-9-17(13-18)20(24)15-27-22(25)19-11-4-5-12-21(19)26-14-16-7-2-1-3-8-16/h1-13H,14-15H2. The fourth-order valence-corrected chi connectivity index (χ4v) is 2.64. The molecule has 0 saturated heterocycles. The van der Waals surface area contributed by atoms with Gasteiger partial charge in [-0.05, 0) is 29.8 Å². The first-order chi connectivity index (χ1) is 13.1. The van der Waals surface area contributed by atoms with Crippen LogP contribution in [0.4, 0.5) is 0 Å². The van der Waals surface area contributed by atoms with Gasteiger partial charge in [-0.2, -0.15) is 0 Å². The Morgan fingerprint density at radius 1 is 0.852 bits per heavy atom. The van der Waals surface area contributed by atoms with Crippen LogP contribution in [0.25, 0.3) is 0 Å². The topological polar surface area (TPSA) is 52.6 Å². The Bertz CT molecular complexity index is 938. The summed E-state index contributed by atoms with van der Waals surface area (Å²) in [5.74, 6) is -0.538. The number of para-hydroxylation sites is 1. The zero-order valence-corrected chi connectivity index (χ0v) is 15.2. The first-order valence-corrected chi connectivity index (χ1v) is 8.73. The summed E-state index contributed by atoms with van der Waals surface area (Å²) >= 11 is 5.88. The van der Waals surface area contributed by atoms with E-state index in [1.54, 1.807) is 42.5 Å². The second-order valence-electron chi connectivity index (χ2n) is 5.78. The molecule has 3 aromatic carbocycles. The zero-order valence-electron chi connectivity index (χ0n) is 14.4. The molecule has 0 aromatic heterocycles. The predicted molar refractivity (Wildman–Crippen MR) is 103 cm³/mol. The van der Waals surface area contributed by atoms with E-state index in [0.29, 0.717) is 22.9 Å². The van der Waals surface area contributed by atoms with E-state index in [2.05, 4.69) is 0 Å². The van der Waals surface area contributed by atoms with Crippen molar-refractivity contribution in [1.29, 1.82) is 0 Å². The van der Waals surface area contributed by atoms with Gasteiger partial charge in [0.25, 0.3) is 0 Å². The van der Waals surface area contributed by atoms with Crippen LogP contribution in [0.2, 0.25) is 5.02 Å². The lowest BCUT2D eigenvalue weighted by atomic mass is 10.1. The van der Waals surface area contributed by atoms with Crippen molar-refractivity contribution >= 4 is 23.4 Å². The van der Waals surface area contributed by atoms with Crippen LogP contribution in [0.3, 0.4) is 0 Å². The molecule has 5 heteroatoms. The Morgan fingerprint density at radius 3 is 2.37 bits per heavy atom. The summed E-state index contributed by atoms with van der Waals surface area (Å²) in [5, 5.41) is 0.451. The highest BCUT2D eigenvalue weighted by molar-refractivity contribution is 6.31. The van der Waals surface area contributed by atoms with Crippen LogP contribution in [-0.4, -0.2) is 18.4 Å². The van der Waals surface area contributed by atoms with E-state index < -0.39 is 5.97 Å². The van der Waals surface area contributed by atoms with Crippen molar-refractivity contribution in [2.24, 2.45) is 0 Å². The quantitative estimate of drug-likeness (QED) is 0.429. The van der Waals surface area contributed by atoms with E-state index in [9.17, 15) is 9.59 Å². The molecule has 0 amide bonds. The van der Waals surface area contributed by atoms with Gasteiger partial charge in [-0.1, -0.05) is 66.2 Å². The molecule has 0 spiro atoms. The van der Waals surface area contributed by atoms with Gasteiger partial charge in [0.05, 0.1) is 0 Å². The van der Waals surface area contributed by atoms with Crippen LogP contribution >= 0.6 is 11.6 Å². The fraction of sp³-hybridized carbons (Fsp3) is 0.0909. The molecule has 0 aliphatic carbocycles. The fourth-order valence-electron chi connectivity index (χ4n) is 2.45. The molecule has 0 heterocycles. The molecule has 0 radical (unpaired) electrons. The number of esters is 1. The lowest BCUT2D eigenvalue weighted by Crippen LogP contribution is -2.15. The van der Waals surface area contributed by atoms with Crippen LogP contribution in [0, 0.1) is 0 Å². The van der Waals surface area contributed by atoms with Crippen LogP contribution in [0.5, 0.6) is 5.75 Å². The van der Waals surface area contributed by atoms with Crippen LogP contribution in [0.1, 0.15) is 26.3 Å². The first kappa shape index (κ1) is 18.7. The number of hydrogen-bond donors (Lipinski definition) is 0. The molecule has 0 aliphatic heterocycles. The number of halogens is 1. The van der Waals surface area contributed by atoms with Gasteiger partial charge < -0.3 is 9.47 Å². The first-order valence-electron chi connectivity index (χ1n) is 8.35. The van der Waals surface area contributed by atoms with Crippen LogP contribution < -0.4 is 4.74 Å². The van der Waals surface area contributed by atoms with Crippen molar-refractivity contribution in [2.45, 2.75) is 6.61 Å². The molecule has 0 N–H and O–H groups in total. The summed E-state index contributed by atoms with van der Waals surface area (Å²) in [6, 6.07) is 22.9. The largest absolute Gasteiger partial charge is 0.488 e. The number of carbonyl (C=O) groups is 2. The smallest absolute Gasteiger partial charge is 0.342 e. The van der Waals surface area contributed by atoms with E-state index in [4.69, 9.17) is 21.1 Å². The SMILES string of the molecule is O=C(COC(=O)c1ccccc1OCc1ccccc1)c1cccc(Cl)c1. The monoisotopic (exact) mass is 380 g/mol. The minimum atomic E-state index is -0.617. The molecule has 4 nitrogen and oxygen atoms in total. The molecule has 0 bridgehead atoms. The van der Waals surface area contributed by atoms with Crippen molar-refractivity contribution in [3.63, 3.8) is 0 Å². The number of ether oxygens (including phenoxy) is 2. The maximum atomic E-state index is 12.4. The summed E-state index contributed by atoms with van der Waals surface area (Å²) in [5.41, 5.74) is 1.65. The van der Waals surface area contributed by atoms with Crippen molar-refractivity contribution in [2.75, 3.05) is 6.61 Å². The Balaban J connectivity index is 1.63. The molecule has 0 unspecified atom stereocenters. The lowest BCUT2D eigenvalue weighted by molar-refractivity contribution is 0.0470. The third-order valence-electron chi connectivity index (χ3n) is 3.83. The van der Waals surface area contributed by atoms with E-state index in [0.717, 1.165) is 5.56 Å². The highest BCUT2D eigenvalue weighted by Gasteiger charge is 2.16. The summed E-state index contributed by atoms with van der Waals surface area (Å²) in [6.45, 7) is -0.0429.